The molecule has 2 bridgehead atoms. The Hall–Kier alpha value is -6.78. The van der Waals surface area contributed by atoms with Crippen LogP contribution in [0.1, 0.15) is 48.8 Å². The van der Waals surface area contributed by atoms with Crippen LogP contribution in [0.4, 0.5) is 5.69 Å². The van der Waals surface area contributed by atoms with E-state index in [4.69, 9.17) is 5.73 Å². The van der Waals surface area contributed by atoms with Crippen molar-refractivity contribution in [1.29, 1.82) is 0 Å². The summed E-state index contributed by atoms with van der Waals surface area (Å²) in [7, 11) is 0. The summed E-state index contributed by atoms with van der Waals surface area (Å²) in [6, 6.07) is 25.9. The number of benzene rings is 4. The van der Waals surface area contributed by atoms with Crippen LogP contribution in [0.15, 0.2) is 121 Å². The largest absolute Gasteiger partial charge is 0.480 e. The van der Waals surface area contributed by atoms with E-state index in [-0.39, 0.29) is 43.9 Å². The van der Waals surface area contributed by atoms with Gasteiger partial charge in [0.25, 0.3) is 0 Å². The van der Waals surface area contributed by atoms with Gasteiger partial charge in [-0.05, 0) is 71.2 Å². The van der Waals surface area contributed by atoms with E-state index in [1.165, 1.54) is 23.9 Å². The number of thioether (sulfide) groups is 1. The molecule has 0 saturated heterocycles. The Labute approximate surface area is 375 Å². The second-order valence-electron chi connectivity index (χ2n) is 15.8. The molecule has 3 aliphatic rings. The number of carbonyl (C=O) groups is 7. The topological polar surface area (TPSA) is 238 Å². The molecule has 9 N–H and O–H groups in total. The van der Waals surface area contributed by atoms with E-state index in [2.05, 4.69) is 31.9 Å². The van der Waals surface area contributed by atoms with E-state index in [1.807, 2.05) is 66.1 Å². The molecule has 6 atom stereocenters. The number of amides is 6. The molecule has 7 rings (SSSR count). The lowest BCUT2D eigenvalue weighted by Gasteiger charge is -2.27. The van der Waals surface area contributed by atoms with Crippen LogP contribution in [-0.2, 0) is 52.8 Å². The zero-order chi connectivity index (χ0) is 45.4. The summed E-state index contributed by atoms with van der Waals surface area (Å²) >= 11 is 1.49. The summed E-state index contributed by atoms with van der Waals surface area (Å²) in [6.07, 6.45) is 2.42. The molecular weight excluding hydrogens is 835 g/mol. The van der Waals surface area contributed by atoms with Crippen LogP contribution in [-0.4, -0.2) is 88.5 Å². The Morgan fingerprint density at radius 3 is 1.88 bits per heavy atom. The molecule has 15 nitrogen and oxygen atoms in total. The standard InChI is InChI=1S/C48H53N7O8S/c49-23-7-14-42(56)51-40-29-43(57)52-39(28-36-13-8-24-64-36)47(61)54-38(26-31-15-19-34(20-16-31)33-11-5-2-6-12-33)45(59)53-37(25-30-9-3-1-4-10-30)46(60)55-41(48(62)63)27-32-17-21-35(22-18-32)50-44(40)58/h1-6,8-12,15-22,24,36-41H,7,13-14,23,25-29,49H2,(H,50,58)(H,51,56)(H,52,57)(H,53,59)(H,54,61)(H,55,60)(H,62,63)/t36?,37-,38+,39-,40-,41+/m1/s1. The summed E-state index contributed by atoms with van der Waals surface area (Å²) < 4.78 is 0. The number of nitrogens with one attached hydrogen (secondary N) is 6. The van der Waals surface area contributed by atoms with Crippen molar-refractivity contribution >= 4 is 58.9 Å². The lowest BCUT2D eigenvalue weighted by Crippen LogP contribution is -2.59. The second kappa shape index (κ2) is 23.1. The number of carbonyl (C=O) groups excluding carboxylic acids is 6. The van der Waals surface area contributed by atoms with Gasteiger partial charge in [-0.1, -0.05) is 103 Å². The van der Waals surface area contributed by atoms with Crippen LogP contribution >= 0.6 is 11.8 Å². The molecule has 0 fully saturated rings. The molecule has 0 saturated carbocycles. The first kappa shape index (κ1) is 46.7. The molecule has 4 aromatic rings. The van der Waals surface area contributed by atoms with Crippen LogP contribution in [0.2, 0.25) is 0 Å². The third-order valence-electron chi connectivity index (χ3n) is 10.9. The number of allylic oxidation sites excluding steroid dienone is 1. The molecule has 334 valence electrons. The highest BCUT2D eigenvalue weighted by Crippen LogP contribution is 2.28. The fourth-order valence-electron chi connectivity index (χ4n) is 7.43. The highest BCUT2D eigenvalue weighted by atomic mass is 32.2. The molecule has 0 aromatic heterocycles. The first-order valence-corrected chi connectivity index (χ1v) is 22.2. The highest BCUT2D eigenvalue weighted by molar-refractivity contribution is 8.03. The average Bonchev–Trinajstić information content (AvgIpc) is 3.81. The van der Waals surface area contributed by atoms with Crippen LogP contribution in [0.5, 0.6) is 0 Å². The third kappa shape index (κ3) is 13.9. The Morgan fingerprint density at radius 2 is 1.27 bits per heavy atom. The van der Waals surface area contributed by atoms with Crippen LogP contribution < -0.4 is 37.6 Å². The Morgan fingerprint density at radius 1 is 0.672 bits per heavy atom. The van der Waals surface area contributed by atoms with Crippen molar-refractivity contribution in [3.63, 3.8) is 0 Å². The maximum atomic E-state index is 14.6. The van der Waals surface area contributed by atoms with Gasteiger partial charge in [0.15, 0.2) is 0 Å². The van der Waals surface area contributed by atoms with Crippen molar-refractivity contribution in [3.8, 4) is 11.1 Å². The summed E-state index contributed by atoms with van der Waals surface area (Å²) in [6.45, 7) is 0.236. The number of carboxylic acids is 1. The first-order valence-electron chi connectivity index (χ1n) is 21.3. The van der Waals surface area contributed by atoms with Gasteiger partial charge in [0.05, 0.1) is 6.42 Å². The summed E-state index contributed by atoms with van der Waals surface area (Å²) in [5.41, 5.74) is 9.70. The van der Waals surface area contributed by atoms with Crippen molar-refractivity contribution in [2.75, 3.05) is 11.9 Å². The number of nitrogens with two attached hydrogens (primary N) is 1. The molecule has 0 aliphatic carbocycles. The highest BCUT2D eigenvalue weighted by Gasteiger charge is 2.34. The molecule has 0 radical (unpaired) electrons. The molecule has 64 heavy (non-hydrogen) atoms. The van der Waals surface area contributed by atoms with E-state index < -0.39 is 78.0 Å². The van der Waals surface area contributed by atoms with Gasteiger partial charge < -0.3 is 42.7 Å². The van der Waals surface area contributed by atoms with E-state index in [0.717, 1.165) is 11.1 Å². The van der Waals surface area contributed by atoms with Crippen molar-refractivity contribution in [3.05, 3.63) is 137 Å². The van der Waals surface area contributed by atoms with E-state index in [9.17, 15) is 38.7 Å². The number of hydrogen-bond acceptors (Lipinski definition) is 9. The SMILES string of the molecule is NCCCC(=O)N[C@@H]1CC(=O)N[C@H](CC2CC=CS2)C(=O)N[C@@H](Cc2ccc(-c3ccccc3)cc2)C(=O)N[C@H](Cc2ccccc2)C(=O)N[C@H](C(=O)O)Cc2ccc(cc2)NC1=O. The Kier molecular flexibility index (Phi) is 16.8. The maximum absolute atomic E-state index is 14.6. The molecular formula is C48H53N7O8S. The predicted octanol–water partition coefficient (Wildman–Crippen LogP) is 3.38. The minimum absolute atomic E-state index is 0.0000984. The number of carboxylic acid groups (broad SMARTS) is 1. The summed E-state index contributed by atoms with van der Waals surface area (Å²) in [5, 5.41) is 28.5. The van der Waals surface area contributed by atoms with Gasteiger partial charge in [-0.3, -0.25) is 28.8 Å². The van der Waals surface area contributed by atoms with Crippen molar-refractivity contribution < 1.29 is 38.7 Å². The summed E-state index contributed by atoms with van der Waals surface area (Å²) in [5.74, 6) is -5.38. The normalized spacial score (nSPS) is 22.2. The van der Waals surface area contributed by atoms with Crippen LogP contribution in [0.3, 0.4) is 0 Å². The van der Waals surface area contributed by atoms with Crippen molar-refractivity contribution in [2.45, 2.75) is 86.8 Å². The average molecular weight is 888 g/mol. The smallest absolute Gasteiger partial charge is 0.326 e. The lowest BCUT2D eigenvalue weighted by atomic mass is 9.98. The predicted molar refractivity (Wildman–Crippen MR) is 244 cm³/mol. The van der Waals surface area contributed by atoms with Gasteiger partial charge in [-0.25, -0.2) is 4.79 Å². The van der Waals surface area contributed by atoms with Gasteiger partial charge in [0.2, 0.25) is 35.4 Å². The fourth-order valence-corrected chi connectivity index (χ4v) is 8.40. The minimum atomic E-state index is -1.41. The monoisotopic (exact) mass is 887 g/mol. The third-order valence-corrected chi connectivity index (χ3v) is 12.0. The van der Waals surface area contributed by atoms with Gasteiger partial charge in [0, 0.05) is 36.6 Å². The van der Waals surface area contributed by atoms with Gasteiger partial charge in [0.1, 0.15) is 30.2 Å². The minimum Gasteiger partial charge on any atom is -0.480 e. The number of aliphatic carboxylic acids is 1. The molecule has 1 unspecified atom stereocenters. The molecule has 3 heterocycles. The zero-order valence-corrected chi connectivity index (χ0v) is 36.0. The van der Waals surface area contributed by atoms with Crippen molar-refractivity contribution in [2.24, 2.45) is 5.73 Å². The van der Waals surface area contributed by atoms with E-state index in [1.54, 1.807) is 42.5 Å². The van der Waals surface area contributed by atoms with Gasteiger partial charge in [-0.15, -0.1) is 11.8 Å². The zero-order valence-electron chi connectivity index (χ0n) is 35.2. The van der Waals surface area contributed by atoms with Crippen LogP contribution in [0.25, 0.3) is 11.1 Å². The molecule has 0 spiro atoms. The maximum Gasteiger partial charge on any atom is 0.326 e. The second-order valence-corrected chi connectivity index (χ2v) is 17.0. The number of rotatable bonds is 12. The molecule has 16 heteroatoms. The Bertz CT molecular complexity index is 2290. The molecule has 4 aromatic carbocycles. The number of hydrogen-bond donors (Lipinski definition) is 8. The Balaban J connectivity index is 1.36. The van der Waals surface area contributed by atoms with Gasteiger partial charge >= 0.3 is 5.97 Å². The quantitative estimate of drug-likeness (QED) is 0.0966. The van der Waals surface area contributed by atoms with Crippen molar-refractivity contribution in [1.82, 2.24) is 26.6 Å². The summed E-state index contributed by atoms with van der Waals surface area (Å²) in [4.78, 5) is 96.2. The van der Waals surface area contributed by atoms with Crippen LogP contribution in [0, 0.1) is 0 Å². The lowest BCUT2D eigenvalue weighted by molar-refractivity contribution is -0.142. The molecule has 3 aliphatic heterocycles. The number of fused-ring (bicyclic) bond motifs is 18. The first-order chi connectivity index (χ1) is 30.9. The van der Waals surface area contributed by atoms with E-state index >= 15 is 0 Å². The van der Waals surface area contributed by atoms with Gasteiger partial charge in [-0.2, -0.15) is 0 Å². The van der Waals surface area contributed by atoms with E-state index in [0.29, 0.717) is 35.2 Å². The molecule has 6 amide bonds. The number of anilines is 1. The fraction of sp³-hybridized carbons (Fsp3) is 0.312.